The molecule has 0 bridgehead atoms. The second kappa shape index (κ2) is 6.63. The number of benzene rings is 1. The van der Waals surface area contributed by atoms with Crippen LogP contribution in [0.2, 0.25) is 5.02 Å². The summed E-state index contributed by atoms with van der Waals surface area (Å²) in [4.78, 5) is 13.4. The molecule has 1 amide bonds. The zero-order valence-corrected chi connectivity index (χ0v) is 15.3. The topological polar surface area (TPSA) is 66.9 Å². The molecular weight excluding hydrogens is 364 g/mol. The van der Waals surface area contributed by atoms with E-state index in [0.717, 1.165) is 47.3 Å². The molecule has 5 nitrogen and oxygen atoms in total. The Hall–Kier alpha value is -1.15. The lowest BCUT2D eigenvalue weighted by Crippen LogP contribution is -2.31. The van der Waals surface area contributed by atoms with Gasteiger partial charge in [-0.05, 0) is 56.0 Å². The van der Waals surface area contributed by atoms with E-state index < -0.39 is 0 Å². The van der Waals surface area contributed by atoms with Crippen LogP contribution >= 0.6 is 34.7 Å². The Morgan fingerprint density at radius 1 is 1.42 bits per heavy atom. The van der Waals surface area contributed by atoms with Gasteiger partial charge in [-0.25, -0.2) is 0 Å². The largest absolute Gasteiger partial charge is 0.326 e. The smallest absolute Gasteiger partial charge is 0.228 e. The number of nitrogens with one attached hydrogen (secondary N) is 2. The summed E-state index contributed by atoms with van der Waals surface area (Å²) in [6.45, 7) is 2.04. The van der Waals surface area contributed by atoms with Gasteiger partial charge >= 0.3 is 0 Å². The Balaban J connectivity index is 1.40. The standard InChI is InChI=1S/C16H17ClN4OS2/c17-12-7-10(1-2-13(12)24-15-21-19-9-23-15)20-14(22)11-8-16(11)3-5-18-6-4-16/h1-2,7,9,11,18H,3-6,8H2,(H,20,22). The van der Waals surface area contributed by atoms with E-state index in [1.807, 2.05) is 12.1 Å². The minimum Gasteiger partial charge on any atom is -0.326 e. The van der Waals surface area contributed by atoms with E-state index in [-0.39, 0.29) is 17.2 Å². The third kappa shape index (κ3) is 3.31. The van der Waals surface area contributed by atoms with E-state index in [9.17, 15) is 4.79 Å². The molecule has 1 atom stereocenters. The number of hydrogen-bond donors (Lipinski definition) is 2. The van der Waals surface area contributed by atoms with E-state index in [2.05, 4.69) is 20.8 Å². The van der Waals surface area contributed by atoms with Crippen molar-refractivity contribution >= 4 is 46.3 Å². The maximum absolute atomic E-state index is 12.5. The Labute approximate surface area is 153 Å². The van der Waals surface area contributed by atoms with E-state index >= 15 is 0 Å². The number of amides is 1. The molecule has 1 aliphatic heterocycles. The normalized spacial score (nSPS) is 21.6. The molecule has 8 heteroatoms. The fourth-order valence-corrected chi connectivity index (χ4v) is 5.12. The van der Waals surface area contributed by atoms with E-state index in [1.165, 1.54) is 23.1 Å². The lowest BCUT2D eigenvalue weighted by atomic mass is 9.92. The molecule has 1 aromatic carbocycles. The molecule has 1 aromatic heterocycles. The third-order valence-corrected chi connectivity index (χ3v) is 7.12. The molecule has 0 radical (unpaired) electrons. The van der Waals surface area contributed by atoms with Crippen LogP contribution in [0.4, 0.5) is 5.69 Å². The Morgan fingerprint density at radius 3 is 2.96 bits per heavy atom. The van der Waals surface area contributed by atoms with Crippen molar-refractivity contribution in [3.63, 3.8) is 0 Å². The molecule has 24 heavy (non-hydrogen) atoms. The number of aromatic nitrogens is 2. The average Bonchev–Trinajstić information content (AvgIpc) is 3.03. The predicted molar refractivity (Wildman–Crippen MR) is 96.8 cm³/mol. The van der Waals surface area contributed by atoms with E-state index in [4.69, 9.17) is 11.6 Å². The number of halogens is 1. The van der Waals surface area contributed by atoms with Gasteiger partial charge in [0.2, 0.25) is 5.91 Å². The van der Waals surface area contributed by atoms with Gasteiger partial charge in [-0.3, -0.25) is 4.79 Å². The van der Waals surface area contributed by atoms with Crippen molar-refractivity contribution < 1.29 is 4.79 Å². The van der Waals surface area contributed by atoms with Crippen LogP contribution < -0.4 is 10.6 Å². The van der Waals surface area contributed by atoms with Crippen LogP contribution in [0.3, 0.4) is 0 Å². The lowest BCUT2D eigenvalue weighted by molar-refractivity contribution is -0.118. The number of carbonyl (C=O) groups excluding carboxylic acids is 1. The van der Waals surface area contributed by atoms with Crippen molar-refractivity contribution in [3.05, 3.63) is 28.7 Å². The first kappa shape index (κ1) is 16.3. The molecule has 1 aliphatic carbocycles. The van der Waals surface area contributed by atoms with Gasteiger partial charge in [0.1, 0.15) is 5.51 Å². The Kier molecular flexibility index (Phi) is 4.51. The van der Waals surface area contributed by atoms with Gasteiger partial charge in [0.05, 0.1) is 5.02 Å². The maximum Gasteiger partial charge on any atom is 0.228 e. The molecule has 2 heterocycles. The quantitative estimate of drug-likeness (QED) is 0.847. The van der Waals surface area contributed by atoms with Crippen LogP contribution in [0.15, 0.2) is 32.9 Å². The minimum atomic E-state index is 0.123. The van der Waals surface area contributed by atoms with Gasteiger partial charge in [0.15, 0.2) is 4.34 Å². The van der Waals surface area contributed by atoms with Crippen molar-refractivity contribution in [2.45, 2.75) is 28.5 Å². The number of rotatable bonds is 4. The minimum absolute atomic E-state index is 0.123. The molecule has 2 N–H and O–H groups in total. The molecule has 1 unspecified atom stereocenters. The van der Waals surface area contributed by atoms with Crippen LogP contribution in [0.5, 0.6) is 0 Å². The van der Waals surface area contributed by atoms with Gasteiger partial charge in [-0.15, -0.1) is 10.2 Å². The molecule has 1 saturated carbocycles. The average molecular weight is 381 g/mol. The summed E-state index contributed by atoms with van der Waals surface area (Å²) in [7, 11) is 0. The first-order valence-electron chi connectivity index (χ1n) is 7.91. The molecule has 2 fully saturated rings. The van der Waals surface area contributed by atoms with Crippen LogP contribution in [-0.2, 0) is 4.79 Å². The van der Waals surface area contributed by atoms with Crippen molar-refractivity contribution in [1.29, 1.82) is 0 Å². The highest BCUT2D eigenvalue weighted by molar-refractivity contribution is 8.01. The zero-order valence-electron chi connectivity index (χ0n) is 12.9. The van der Waals surface area contributed by atoms with Crippen molar-refractivity contribution in [1.82, 2.24) is 15.5 Å². The van der Waals surface area contributed by atoms with Crippen molar-refractivity contribution in [3.8, 4) is 0 Å². The summed E-state index contributed by atoms with van der Waals surface area (Å²) in [5.74, 6) is 0.270. The van der Waals surface area contributed by atoms with Crippen LogP contribution in [0.1, 0.15) is 19.3 Å². The van der Waals surface area contributed by atoms with Gasteiger partial charge < -0.3 is 10.6 Å². The van der Waals surface area contributed by atoms with Crippen LogP contribution in [0, 0.1) is 11.3 Å². The summed E-state index contributed by atoms with van der Waals surface area (Å²) in [6, 6.07) is 5.61. The molecular formula is C16H17ClN4OS2. The van der Waals surface area contributed by atoms with Gasteiger partial charge in [-0.1, -0.05) is 34.7 Å². The maximum atomic E-state index is 12.5. The summed E-state index contributed by atoms with van der Waals surface area (Å²) in [6.07, 6.45) is 3.21. The Morgan fingerprint density at radius 2 is 2.25 bits per heavy atom. The second-order valence-electron chi connectivity index (χ2n) is 6.31. The summed E-state index contributed by atoms with van der Waals surface area (Å²) < 4.78 is 0.847. The molecule has 1 spiro atoms. The first-order valence-corrected chi connectivity index (χ1v) is 9.99. The molecule has 126 valence electrons. The summed E-state index contributed by atoms with van der Waals surface area (Å²) in [5, 5.41) is 14.8. The monoisotopic (exact) mass is 380 g/mol. The molecule has 2 aliphatic rings. The zero-order chi connectivity index (χ0) is 16.6. The third-order valence-electron chi connectivity index (χ3n) is 4.84. The molecule has 4 rings (SSSR count). The number of hydrogen-bond acceptors (Lipinski definition) is 6. The molecule has 1 saturated heterocycles. The van der Waals surface area contributed by atoms with Gasteiger partial charge in [0.25, 0.3) is 0 Å². The van der Waals surface area contributed by atoms with Gasteiger partial charge in [0, 0.05) is 16.5 Å². The van der Waals surface area contributed by atoms with Crippen LogP contribution in [-0.4, -0.2) is 29.2 Å². The first-order chi connectivity index (χ1) is 11.7. The highest BCUT2D eigenvalue weighted by atomic mass is 35.5. The van der Waals surface area contributed by atoms with Crippen LogP contribution in [0.25, 0.3) is 0 Å². The highest BCUT2D eigenvalue weighted by Crippen LogP contribution is 2.58. The fourth-order valence-electron chi connectivity index (χ4n) is 3.39. The number of carbonyl (C=O) groups is 1. The predicted octanol–water partition coefficient (Wildman–Crippen LogP) is 3.67. The van der Waals surface area contributed by atoms with Crippen molar-refractivity contribution in [2.24, 2.45) is 11.3 Å². The SMILES string of the molecule is O=C(Nc1ccc(Sc2nncs2)c(Cl)c1)C1CC12CCNCC2. The van der Waals surface area contributed by atoms with E-state index in [1.54, 1.807) is 11.6 Å². The number of anilines is 1. The number of nitrogens with zero attached hydrogens (tertiary/aromatic N) is 2. The Bertz CT molecular complexity index is 747. The van der Waals surface area contributed by atoms with E-state index in [0.29, 0.717) is 5.02 Å². The fraction of sp³-hybridized carbons (Fsp3) is 0.438. The lowest BCUT2D eigenvalue weighted by Gasteiger charge is -2.23. The number of piperidine rings is 1. The summed E-state index contributed by atoms with van der Waals surface area (Å²) >= 11 is 9.29. The highest BCUT2D eigenvalue weighted by Gasteiger charge is 2.57. The summed E-state index contributed by atoms with van der Waals surface area (Å²) in [5.41, 5.74) is 2.69. The van der Waals surface area contributed by atoms with Crippen molar-refractivity contribution in [2.75, 3.05) is 18.4 Å². The van der Waals surface area contributed by atoms with Gasteiger partial charge in [-0.2, -0.15) is 0 Å². The second-order valence-corrected chi connectivity index (χ2v) is 8.84. The molecule has 2 aromatic rings.